The minimum Gasteiger partial charge on any atom is -0.461 e. The van der Waals surface area contributed by atoms with E-state index in [0.29, 0.717) is 41.0 Å². The van der Waals surface area contributed by atoms with Crippen molar-refractivity contribution in [3.05, 3.63) is 46.1 Å². The van der Waals surface area contributed by atoms with Crippen molar-refractivity contribution in [3.63, 3.8) is 0 Å². The van der Waals surface area contributed by atoms with Crippen molar-refractivity contribution in [2.75, 3.05) is 37.7 Å². The normalized spacial score (nSPS) is 23.7. The van der Waals surface area contributed by atoms with Gasteiger partial charge in [-0.2, -0.15) is 9.97 Å². The van der Waals surface area contributed by atoms with Crippen LogP contribution in [-0.4, -0.2) is 70.3 Å². The molecule has 4 saturated heterocycles. The molecule has 0 spiro atoms. The standard InChI is InChI=1S/C30H30Cl2F2N6O/c31-20-5-6-22-24(25(20)33)19(12-35-22)23-21(32)11-18-27(26(23)34)37-29(41-15-30-7-1-9-40(30)10-2-8-30)38-28(18)39-13-16-3-4-17(14-39)36-16/h5-6,11-12,16-17,35-36H,1-4,7-10,13-15H2. The minimum atomic E-state index is -0.638. The number of anilines is 1. The van der Waals surface area contributed by atoms with Gasteiger partial charge in [0.1, 0.15) is 17.9 Å². The molecular formula is C30H30Cl2F2N6O. The number of ether oxygens (including phenoxy) is 1. The van der Waals surface area contributed by atoms with Gasteiger partial charge in [0.15, 0.2) is 11.6 Å². The molecule has 2 N–H and O–H groups in total. The lowest BCUT2D eigenvalue weighted by Crippen LogP contribution is -2.51. The lowest BCUT2D eigenvalue weighted by Gasteiger charge is -2.35. The van der Waals surface area contributed by atoms with Crippen LogP contribution in [0.15, 0.2) is 24.4 Å². The molecule has 41 heavy (non-hydrogen) atoms. The first-order valence-corrected chi connectivity index (χ1v) is 15.2. The summed E-state index contributed by atoms with van der Waals surface area (Å²) in [5.41, 5.74) is 0.965. The first-order valence-electron chi connectivity index (χ1n) is 14.4. The van der Waals surface area contributed by atoms with Gasteiger partial charge in [0.25, 0.3) is 0 Å². The number of fused-ring (bicyclic) bond motifs is 5. The Morgan fingerprint density at radius 2 is 1.76 bits per heavy atom. The molecule has 0 amide bonds. The maximum Gasteiger partial charge on any atom is 0.319 e. The second-order valence-electron chi connectivity index (χ2n) is 12.0. The molecule has 2 unspecified atom stereocenters. The van der Waals surface area contributed by atoms with Crippen LogP contribution in [0.5, 0.6) is 6.01 Å². The molecule has 214 valence electrons. The van der Waals surface area contributed by atoms with E-state index >= 15 is 8.78 Å². The highest BCUT2D eigenvalue weighted by atomic mass is 35.5. The van der Waals surface area contributed by atoms with Gasteiger partial charge in [-0.15, -0.1) is 0 Å². The van der Waals surface area contributed by atoms with E-state index < -0.39 is 11.6 Å². The number of aromatic nitrogens is 3. The Bertz CT molecular complexity index is 1670. The van der Waals surface area contributed by atoms with E-state index in [1.807, 2.05) is 0 Å². The third-order valence-corrected chi connectivity index (χ3v) is 10.2. The highest BCUT2D eigenvalue weighted by Gasteiger charge is 2.45. The summed E-state index contributed by atoms with van der Waals surface area (Å²) in [6.07, 6.45) is 8.22. The summed E-state index contributed by atoms with van der Waals surface area (Å²) in [4.78, 5) is 17.2. The monoisotopic (exact) mass is 598 g/mol. The van der Waals surface area contributed by atoms with Crippen LogP contribution >= 0.6 is 23.2 Å². The number of halogens is 4. The molecule has 2 aromatic heterocycles. The van der Waals surface area contributed by atoms with Gasteiger partial charge < -0.3 is 19.9 Å². The largest absolute Gasteiger partial charge is 0.461 e. The fraction of sp³-hybridized carbons (Fsp3) is 0.467. The number of piperazine rings is 1. The van der Waals surface area contributed by atoms with Crippen molar-refractivity contribution < 1.29 is 13.5 Å². The van der Waals surface area contributed by atoms with Gasteiger partial charge in [-0.1, -0.05) is 23.2 Å². The van der Waals surface area contributed by atoms with Gasteiger partial charge in [0, 0.05) is 58.8 Å². The minimum absolute atomic E-state index is 0.00281. The SMILES string of the molecule is Fc1c(-c2c[nH]c3ccc(Cl)c(F)c23)c(Cl)cc2c(N3CC4CCC(C3)N4)nc(OCC34CCCN3CCC4)nc12. The summed E-state index contributed by atoms with van der Waals surface area (Å²) >= 11 is 12.9. The zero-order valence-electron chi connectivity index (χ0n) is 22.5. The molecule has 0 aliphatic carbocycles. The summed E-state index contributed by atoms with van der Waals surface area (Å²) in [7, 11) is 0. The Balaban J connectivity index is 1.27. The fourth-order valence-electron chi connectivity index (χ4n) is 7.70. The van der Waals surface area contributed by atoms with E-state index in [2.05, 4.69) is 25.1 Å². The highest BCUT2D eigenvalue weighted by molar-refractivity contribution is 6.35. The van der Waals surface area contributed by atoms with Crippen LogP contribution in [0, 0.1) is 11.6 Å². The van der Waals surface area contributed by atoms with Crippen molar-refractivity contribution in [2.24, 2.45) is 0 Å². The van der Waals surface area contributed by atoms with Crippen LogP contribution in [-0.2, 0) is 0 Å². The molecule has 2 aromatic carbocycles. The summed E-state index contributed by atoms with van der Waals surface area (Å²) < 4.78 is 38.2. The van der Waals surface area contributed by atoms with Gasteiger partial charge in [-0.3, -0.25) is 4.90 Å². The highest BCUT2D eigenvalue weighted by Crippen LogP contribution is 2.44. The molecule has 11 heteroatoms. The number of hydrogen-bond donors (Lipinski definition) is 2. The van der Waals surface area contributed by atoms with Crippen molar-refractivity contribution in [1.82, 2.24) is 25.2 Å². The lowest BCUT2D eigenvalue weighted by molar-refractivity contribution is 0.108. The average molecular weight is 600 g/mol. The van der Waals surface area contributed by atoms with Gasteiger partial charge in [-0.25, -0.2) is 8.78 Å². The molecule has 4 aliphatic rings. The van der Waals surface area contributed by atoms with Crippen LogP contribution in [0.4, 0.5) is 14.6 Å². The molecule has 0 saturated carbocycles. The quantitative estimate of drug-likeness (QED) is 0.280. The number of hydrogen-bond acceptors (Lipinski definition) is 6. The molecule has 2 atom stereocenters. The Morgan fingerprint density at radius 1 is 1.00 bits per heavy atom. The van der Waals surface area contributed by atoms with Gasteiger partial charge in [0.2, 0.25) is 0 Å². The van der Waals surface area contributed by atoms with E-state index in [0.717, 1.165) is 64.7 Å². The molecule has 2 bridgehead atoms. The predicted molar refractivity (Wildman–Crippen MR) is 157 cm³/mol. The average Bonchev–Trinajstić information content (AvgIpc) is 3.73. The molecule has 8 rings (SSSR count). The summed E-state index contributed by atoms with van der Waals surface area (Å²) in [5, 5.41) is 4.45. The van der Waals surface area contributed by atoms with Crippen LogP contribution in [0.2, 0.25) is 10.0 Å². The zero-order valence-corrected chi connectivity index (χ0v) is 24.0. The molecular weight excluding hydrogens is 569 g/mol. The van der Waals surface area contributed by atoms with E-state index in [-0.39, 0.29) is 38.1 Å². The van der Waals surface area contributed by atoms with E-state index in [9.17, 15) is 0 Å². The Hall–Kier alpha value is -2.72. The van der Waals surface area contributed by atoms with Crippen molar-refractivity contribution >= 4 is 50.8 Å². The molecule has 6 heterocycles. The number of rotatable bonds is 5. The third-order valence-electron chi connectivity index (χ3n) is 9.64. The van der Waals surface area contributed by atoms with E-state index in [1.165, 1.54) is 6.07 Å². The van der Waals surface area contributed by atoms with E-state index in [4.69, 9.17) is 32.9 Å². The number of nitrogens with one attached hydrogen (secondary N) is 2. The second kappa shape index (κ2) is 9.66. The topological polar surface area (TPSA) is 69.3 Å². The van der Waals surface area contributed by atoms with Crippen molar-refractivity contribution in [1.29, 1.82) is 0 Å². The molecule has 4 aromatic rings. The zero-order chi connectivity index (χ0) is 27.9. The van der Waals surface area contributed by atoms with Gasteiger partial charge >= 0.3 is 6.01 Å². The second-order valence-corrected chi connectivity index (χ2v) is 12.8. The smallest absolute Gasteiger partial charge is 0.319 e. The maximum absolute atomic E-state index is 16.7. The molecule has 4 fully saturated rings. The fourth-order valence-corrected chi connectivity index (χ4v) is 8.15. The van der Waals surface area contributed by atoms with E-state index in [1.54, 1.807) is 18.3 Å². The predicted octanol–water partition coefficient (Wildman–Crippen LogP) is 6.31. The van der Waals surface area contributed by atoms with Crippen LogP contribution in [0.25, 0.3) is 32.9 Å². The number of benzene rings is 2. The number of H-pyrrole nitrogens is 1. The third kappa shape index (κ3) is 4.11. The van der Waals surface area contributed by atoms with Crippen LogP contribution in [0.1, 0.15) is 38.5 Å². The van der Waals surface area contributed by atoms with Crippen molar-refractivity contribution in [3.8, 4) is 17.1 Å². The van der Waals surface area contributed by atoms with Gasteiger partial charge in [-0.05, 0) is 69.8 Å². The number of aromatic amines is 1. The van der Waals surface area contributed by atoms with Crippen molar-refractivity contribution in [2.45, 2.75) is 56.1 Å². The first kappa shape index (κ1) is 25.9. The first-order chi connectivity index (χ1) is 19.9. The Kier molecular flexibility index (Phi) is 6.11. The Morgan fingerprint density at radius 3 is 2.51 bits per heavy atom. The molecule has 0 radical (unpaired) electrons. The summed E-state index contributed by atoms with van der Waals surface area (Å²) in [6.45, 7) is 4.15. The maximum atomic E-state index is 16.7. The van der Waals surface area contributed by atoms with Crippen LogP contribution < -0.4 is 15.0 Å². The summed E-state index contributed by atoms with van der Waals surface area (Å²) in [6, 6.07) is 5.70. The van der Waals surface area contributed by atoms with Gasteiger partial charge in [0.05, 0.1) is 15.6 Å². The lowest BCUT2D eigenvalue weighted by atomic mass is 9.95. The van der Waals surface area contributed by atoms with Crippen LogP contribution in [0.3, 0.4) is 0 Å². The summed E-state index contributed by atoms with van der Waals surface area (Å²) in [5.74, 6) is -0.645. The molecule has 7 nitrogen and oxygen atoms in total. The Labute approximate surface area is 246 Å². The number of nitrogens with zero attached hydrogens (tertiary/aromatic N) is 4. The molecule has 4 aliphatic heterocycles.